The highest BCUT2D eigenvalue weighted by atomic mass is 35.5. The molecule has 1 aromatic rings. The zero-order chi connectivity index (χ0) is 15.8. The molecular formula is C13H15Cl2NO4S. The van der Waals surface area contributed by atoms with Crippen LogP contribution < -0.4 is 0 Å². The van der Waals surface area contributed by atoms with E-state index in [0.29, 0.717) is 30.0 Å². The first kappa shape index (κ1) is 16.5. The third kappa shape index (κ3) is 3.34. The predicted octanol–water partition coefficient (Wildman–Crippen LogP) is 2.79. The molecule has 0 saturated carbocycles. The Hall–Kier alpha value is -0.820. The highest BCUT2D eigenvalue weighted by Crippen LogP contribution is 2.32. The van der Waals surface area contributed by atoms with Crippen LogP contribution in [0.25, 0.3) is 0 Å². The van der Waals surface area contributed by atoms with Gasteiger partial charge in [0.05, 0.1) is 10.9 Å². The SMILES string of the molecule is Cc1cc(S(=O)(=O)N2CCCC(C(=O)O)C2)c(Cl)cc1Cl. The van der Waals surface area contributed by atoms with Crippen LogP contribution in [0.3, 0.4) is 0 Å². The number of hydrogen-bond donors (Lipinski definition) is 1. The van der Waals surface area contributed by atoms with Crippen molar-refractivity contribution in [1.82, 2.24) is 4.31 Å². The van der Waals surface area contributed by atoms with Gasteiger partial charge >= 0.3 is 5.97 Å². The summed E-state index contributed by atoms with van der Waals surface area (Å²) in [6.45, 7) is 1.95. The number of sulfonamides is 1. The van der Waals surface area contributed by atoms with E-state index in [1.165, 1.54) is 16.4 Å². The lowest BCUT2D eigenvalue weighted by molar-refractivity contribution is -0.142. The number of carboxylic acids is 1. The molecule has 1 aliphatic heterocycles. The van der Waals surface area contributed by atoms with Crippen molar-refractivity contribution in [2.24, 2.45) is 5.92 Å². The molecule has 0 spiro atoms. The summed E-state index contributed by atoms with van der Waals surface area (Å²) in [5.74, 6) is -1.66. The molecule has 0 aromatic heterocycles. The average molecular weight is 352 g/mol. The summed E-state index contributed by atoms with van der Waals surface area (Å²) in [6.07, 6.45) is 0.995. The third-order valence-electron chi connectivity index (χ3n) is 3.56. The van der Waals surface area contributed by atoms with Crippen LogP contribution >= 0.6 is 23.2 Å². The van der Waals surface area contributed by atoms with Gasteiger partial charge in [0.25, 0.3) is 0 Å². The lowest BCUT2D eigenvalue weighted by Crippen LogP contribution is -2.42. The molecule has 116 valence electrons. The minimum atomic E-state index is -3.82. The van der Waals surface area contributed by atoms with Crippen molar-refractivity contribution in [1.29, 1.82) is 0 Å². The summed E-state index contributed by atoms with van der Waals surface area (Å²) < 4.78 is 26.5. The summed E-state index contributed by atoms with van der Waals surface area (Å²) >= 11 is 11.9. The standard InChI is InChI=1S/C13H15Cl2NO4S/c1-8-5-12(11(15)6-10(8)14)21(19,20)16-4-2-3-9(7-16)13(17)18/h5-6,9H,2-4,7H2,1H3,(H,17,18). The van der Waals surface area contributed by atoms with E-state index in [2.05, 4.69) is 0 Å². The minimum Gasteiger partial charge on any atom is -0.481 e. The van der Waals surface area contributed by atoms with Crippen LogP contribution in [-0.2, 0) is 14.8 Å². The molecule has 5 nitrogen and oxygen atoms in total. The van der Waals surface area contributed by atoms with Gasteiger partial charge in [-0.05, 0) is 37.5 Å². The number of nitrogens with zero attached hydrogens (tertiary/aromatic N) is 1. The van der Waals surface area contributed by atoms with Crippen LogP contribution in [0.2, 0.25) is 10.0 Å². The maximum Gasteiger partial charge on any atom is 0.307 e. The van der Waals surface area contributed by atoms with E-state index in [1.807, 2.05) is 0 Å². The Morgan fingerprint density at radius 3 is 2.62 bits per heavy atom. The molecule has 0 bridgehead atoms. The first-order chi connectivity index (χ1) is 9.73. The van der Waals surface area contributed by atoms with Crippen molar-refractivity contribution in [2.75, 3.05) is 13.1 Å². The van der Waals surface area contributed by atoms with Crippen molar-refractivity contribution in [3.05, 3.63) is 27.7 Å². The van der Waals surface area contributed by atoms with Gasteiger partial charge in [0.2, 0.25) is 10.0 Å². The van der Waals surface area contributed by atoms with Crippen LogP contribution in [0.4, 0.5) is 0 Å². The lowest BCUT2D eigenvalue weighted by Gasteiger charge is -2.30. The van der Waals surface area contributed by atoms with Crippen LogP contribution in [0.5, 0.6) is 0 Å². The second-order valence-electron chi connectivity index (χ2n) is 5.07. The second kappa shape index (κ2) is 6.12. The monoisotopic (exact) mass is 351 g/mol. The van der Waals surface area contributed by atoms with E-state index in [4.69, 9.17) is 28.3 Å². The Morgan fingerprint density at radius 1 is 1.33 bits per heavy atom. The van der Waals surface area contributed by atoms with Gasteiger partial charge in [0.1, 0.15) is 4.90 Å². The quantitative estimate of drug-likeness (QED) is 0.908. The van der Waals surface area contributed by atoms with E-state index >= 15 is 0 Å². The zero-order valence-corrected chi connectivity index (χ0v) is 13.7. The summed E-state index contributed by atoms with van der Waals surface area (Å²) in [5.41, 5.74) is 0.603. The van der Waals surface area contributed by atoms with Crippen LogP contribution in [-0.4, -0.2) is 36.9 Å². The largest absolute Gasteiger partial charge is 0.481 e. The molecule has 1 unspecified atom stereocenters. The Labute approximate surface area is 133 Å². The lowest BCUT2D eigenvalue weighted by atomic mass is 10.0. The number of carbonyl (C=O) groups is 1. The molecule has 0 aliphatic carbocycles. The number of carboxylic acid groups (broad SMARTS) is 1. The Bertz CT molecular complexity index is 675. The summed E-state index contributed by atoms with van der Waals surface area (Å²) in [6, 6.07) is 2.81. The van der Waals surface area contributed by atoms with Crippen LogP contribution in [0.1, 0.15) is 18.4 Å². The molecule has 1 saturated heterocycles. The summed E-state index contributed by atoms with van der Waals surface area (Å²) in [4.78, 5) is 11.0. The number of piperidine rings is 1. The number of benzene rings is 1. The molecule has 1 N–H and O–H groups in total. The molecule has 2 rings (SSSR count). The maximum atomic E-state index is 12.6. The smallest absolute Gasteiger partial charge is 0.307 e. The highest BCUT2D eigenvalue weighted by Gasteiger charge is 2.34. The van der Waals surface area contributed by atoms with E-state index in [-0.39, 0.29) is 16.5 Å². The van der Waals surface area contributed by atoms with Crippen molar-refractivity contribution < 1.29 is 18.3 Å². The third-order valence-corrected chi connectivity index (χ3v) is 6.30. The molecule has 21 heavy (non-hydrogen) atoms. The number of halogens is 2. The van der Waals surface area contributed by atoms with Crippen molar-refractivity contribution >= 4 is 39.2 Å². The van der Waals surface area contributed by atoms with Gasteiger partial charge in [-0.25, -0.2) is 8.42 Å². The predicted molar refractivity (Wildman–Crippen MR) is 80.3 cm³/mol. The van der Waals surface area contributed by atoms with Crippen molar-refractivity contribution in [3.63, 3.8) is 0 Å². The first-order valence-corrected chi connectivity index (χ1v) is 8.61. The fourth-order valence-electron chi connectivity index (χ4n) is 2.33. The van der Waals surface area contributed by atoms with Gasteiger partial charge in [-0.1, -0.05) is 23.2 Å². The summed E-state index contributed by atoms with van der Waals surface area (Å²) in [7, 11) is -3.82. The van der Waals surface area contributed by atoms with Gasteiger partial charge in [-0.15, -0.1) is 0 Å². The highest BCUT2D eigenvalue weighted by molar-refractivity contribution is 7.89. The fraction of sp³-hybridized carbons (Fsp3) is 0.462. The molecule has 1 atom stereocenters. The van der Waals surface area contributed by atoms with E-state index in [0.717, 1.165) is 0 Å². The molecular weight excluding hydrogens is 337 g/mol. The second-order valence-corrected chi connectivity index (χ2v) is 7.79. The Kier molecular flexibility index (Phi) is 4.82. The molecule has 1 aliphatic rings. The number of aryl methyl sites for hydroxylation is 1. The van der Waals surface area contributed by atoms with Crippen LogP contribution in [0.15, 0.2) is 17.0 Å². The molecule has 8 heteroatoms. The molecule has 1 heterocycles. The van der Waals surface area contributed by atoms with Gasteiger partial charge in [0.15, 0.2) is 0 Å². The number of rotatable bonds is 3. The van der Waals surface area contributed by atoms with Crippen molar-refractivity contribution in [2.45, 2.75) is 24.7 Å². The first-order valence-electron chi connectivity index (χ1n) is 6.42. The average Bonchev–Trinajstić information content (AvgIpc) is 2.42. The Morgan fingerprint density at radius 2 is 2.00 bits per heavy atom. The van der Waals surface area contributed by atoms with Gasteiger partial charge in [-0.2, -0.15) is 4.31 Å². The summed E-state index contributed by atoms with van der Waals surface area (Å²) in [5, 5.41) is 9.50. The van der Waals surface area contributed by atoms with E-state index in [1.54, 1.807) is 6.92 Å². The van der Waals surface area contributed by atoms with Gasteiger partial charge in [-0.3, -0.25) is 4.79 Å². The molecule has 1 fully saturated rings. The minimum absolute atomic E-state index is 0.0305. The van der Waals surface area contributed by atoms with E-state index < -0.39 is 21.9 Å². The topological polar surface area (TPSA) is 74.7 Å². The molecule has 0 radical (unpaired) electrons. The number of aliphatic carboxylic acids is 1. The van der Waals surface area contributed by atoms with Gasteiger partial charge < -0.3 is 5.11 Å². The number of hydrogen-bond acceptors (Lipinski definition) is 3. The maximum absolute atomic E-state index is 12.6. The molecule has 0 amide bonds. The molecule has 1 aromatic carbocycles. The normalized spacial score (nSPS) is 20.4. The van der Waals surface area contributed by atoms with Crippen LogP contribution in [0, 0.1) is 12.8 Å². The fourth-order valence-corrected chi connectivity index (χ4v) is 4.66. The van der Waals surface area contributed by atoms with Crippen molar-refractivity contribution in [3.8, 4) is 0 Å². The van der Waals surface area contributed by atoms with E-state index in [9.17, 15) is 13.2 Å². The zero-order valence-electron chi connectivity index (χ0n) is 11.3. The Balaban J connectivity index is 2.38. The van der Waals surface area contributed by atoms with Gasteiger partial charge in [0, 0.05) is 18.1 Å².